The van der Waals surface area contributed by atoms with Gasteiger partial charge in [0.05, 0.1) is 19.1 Å². The van der Waals surface area contributed by atoms with E-state index in [1.54, 1.807) is 24.3 Å². The minimum atomic E-state index is -0.665. The van der Waals surface area contributed by atoms with Crippen LogP contribution in [0.5, 0.6) is 0 Å². The number of carbonyl (C=O) groups excluding carboxylic acids is 3. The SMILES string of the molecule is COC(=O)c1ccc(NC(=O)[C@@H](NC(=O)Cc2ccccc2)C(C)C)cc1. The molecule has 0 aromatic heterocycles. The van der Waals surface area contributed by atoms with Gasteiger partial charge in [0, 0.05) is 5.69 Å². The van der Waals surface area contributed by atoms with Crippen molar-refractivity contribution in [3.8, 4) is 0 Å². The molecule has 0 heterocycles. The summed E-state index contributed by atoms with van der Waals surface area (Å²) in [4.78, 5) is 36.4. The molecule has 0 unspecified atom stereocenters. The molecule has 6 nitrogen and oxygen atoms in total. The van der Waals surface area contributed by atoms with Crippen LogP contribution >= 0.6 is 0 Å². The molecule has 0 fully saturated rings. The van der Waals surface area contributed by atoms with Gasteiger partial charge in [0.1, 0.15) is 6.04 Å². The predicted molar refractivity (Wildman–Crippen MR) is 103 cm³/mol. The summed E-state index contributed by atoms with van der Waals surface area (Å²) in [5, 5.41) is 5.57. The topological polar surface area (TPSA) is 84.5 Å². The van der Waals surface area contributed by atoms with Gasteiger partial charge in [-0.25, -0.2) is 4.79 Å². The van der Waals surface area contributed by atoms with Gasteiger partial charge in [-0.05, 0) is 35.7 Å². The predicted octanol–water partition coefficient (Wildman–Crippen LogP) is 2.80. The highest BCUT2D eigenvalue weighted by atomic mass is 16.5. The molecule has 0 aliphatic rings. The summed E-state index contributed by atoms with van der Waals surface area (Å²) >= 11 is 0. The van der Waals surface area contributed by atoms with Crippen molar-refractivity contribution in [1.29, 1.82) is 0 Å². The van der Waals surface area contributed by atoms with Crippen molar-refractivity contribution in [1.82, 2.24) is 5.32 Å². The third-order valence-corrected chi connectivity index (χ3v) is 4.05. The number of ether oxygens (including phenoxy) is 1. The van der Waals surface area contributed by atoms with Crippen LogP contribution in [0.3, 0.4) is 0 Å². The quantitative estimate of drug-likeness (QED) is 0.736. The second-order valence-electron chi connectivity index (χ2n) is 6.51. The maximum absolute atomic E-state index is 12.6. The van der Waals surface area contributed by atoms with E-state index in [0.717, 1.165) is 5.56 Å². The number of rotatable bonds is 7. The van der Waals surface area contributed by atoms with Crippen molar-refractivity contribution in [3.05, 3.63) is 65.7 Å². The molecule has 2 amide bonds. The number of amides is 2. The Morgan fingerprint density at radius 2 is 1.59 bits per heavy atom. The molecule has 0 spiro atoms. The molecule has 0 saturated carbocycles. The molecule has 2 rings (SSSR count). The van der Waals surface area contributed by atoms with E-state index in [0.29, 0.717) is 11.3 Å². The fourth-order valence-electron chi connectivity index (χ4n) is 2.57. The molecular weight excluding hydrogens is 344 g/mol. The van der Waals surface area contributed by atoms with Crippen LogP contribution < -0.4 is 10.6 Å². The number of carbonyl (C=O) groups is 3. The maximum Gasteiger partial charge on any atom is 0.337 e. The Hall–Kier alpha value is -3.15. The molecule has 0 radical (unpaired) electrons. The molecule has 0 aliphatic carbocycles. The van der Waals surface area contributed by atoms with Gasteiger partial charge in [-0.2, -0.15) is 0 Å². The zero-order valence-electron chi connectivity index (χ0n) is 15.7. The minimum Gasteiger partial charge on any atom is -0.465 e. The zero-order valence-corrected chi connectivity index (χ0v) is 15.7. The lowest BCUT2D eigenvalue weighted by molar-refractivity contribution is -0.127. The average Bonchev–Trinajstić information content (AvgIpc) is 2.66. The van der Waals surface area contributed by atoms with Crippen molar-refractivity contribution >= 4 is 23.5 Å². The summed E-state index contributed by atoms with van der Waals surface area (Å²) in [7, 11) is 1.31. The fraction of sp³-hybridized carbons (Fsp3) is 0.286. The van der Waals surface area contributed by atoms with Crippen molar-refractivity contribution in [2.45, 2.75) is 26.3 Å². The molecular formula is C21H24N2O4. The maximum atomic E-state index is 12.6. The van der Waals surface area contributed by atoms with E-state index >= 15 is 0 Å². The van der Waals surface area contributed by atoms with E-state index in [1.807, 2.05) is 44.2 Å². The standard InChI is InChI=1S/C21H24N2O4/c1-14(2)19(23-18(24)13-15-7-5-4-6-8-15)20(25)22-17-11-9-16(10-12-17)21(26)27-3/h4-12,14,19H,13H2,1-3H3,(H,22,25)(H,23,24)/t19-/m0/s1. The van der Waals surface area contributed by atoms with Crippen LogP contribution in [0.25, 0.3) is 0 Å². The molecule has 0 saturated heterocycles. The highest BCUT2D eigenvalue weighted by molar-refractivity contribution is 5.98. The summed E-state index contributed by atoms with van der Waals surface area (Å²) in [5.41, 5.74) is 1.82. The lowest BCUT2D eigenvalue weighted by Gasteiger charge is -2.22. The Labute approximate surface area is 158 Å². The van der Waals surface area contributed by atoms with E-state index < -0.39 is 12.0 Å². The highest BCUT2D eigenvalue weighted by Gasteiger charge is 2.24. The second-order valence-corrected chi connectivity index (χ2v) is 6.51. The Morgan fingerprint density at radius 1 is 0.963 bits per heavy atom. The number of anilines is 1. The minimum absolute atomic E-state index is 0.0842. The molecule has 1 atom stereocenters. The highest BCUT2D eigenvalue weighted by Crippen LogP contribution is 2.13. The average molecular weight is 368 g/mol. The van der Waals surface area contributed by atoms with E-state index in [4.69, 9.17) is 0 Å². The summed E-state index contributed by atoms with van der Waals surface area (Å²) in [5.74, 6) is -1.05. The molecule has 27 heavy (non-hydrogen) atoms. The fourth-order valence-corrected chi connectivity index (χ4v) is 2.57. The molecule has 6 heteroatoms. The Morgan fingerprint density at radius 3 is 2.15 bits per heavy atom. The Bertz CT molecular complexity index is 786. The molecule has 2 aromatic carbocycles. The van der Waals surface area contributed by atoms with Crippen LogP contribution in [0.1, 0.15) is 29.8 Å². The van der Waals surface area contributed by atoms with Crippen LogP contribution in [-0.2, 0) is 20.7 Å². The van der Waals surface area contributed by atoms with E-state index in [1.165, 1.54) is 7.11 Å². The monoisotopic (exact) mass is 368 g/mol. The second kappa shape index (κ2) is 9.52. The number of methoxy groups -OCH3 is 1. The van der Waals surface area contributed by atoms with Crippen molar-refractivity contribution in [3.63, 3.8) is 0 Å². The van der Waals surface area contributed by atoms with E-state index in [9.17, 15) is 14.4 Å². The van der Waals surface area contributed by atoms with Gasteiger partial charge in [-0.3, -0.25) is 9.59 Å². The molecule has 142 valence electrons. The zero-order chi connectivity index (χ0) is 19.8. The van der Waals surface area contributed by atoms with Crippen LogP contribution in [0.2, 0.25) is 0 Å². The molecule has 0 aliphatic heterocycles. The molecule has 2 N–H and O–H groups in total. The van der Waals surface area contributed by atoms with Gasteiger partial charge < -0.3 is 15.4 Å². The summed E-state index contributed by atoms with van der Waals surface area (Å²) in [6.07, 6.45) is 0.213. The van der Waals surface area contributed by atoms with Crippen LogP contribution in [0, 0.1) is 5.92 Å². The summed E-state index contributed by atoms with van der Waals surface area (Å²) < 4.78 is 4.65. The van der Waals surface area contributed by atoms with Gasteiger partial charge >= 0.3 is 5.97 Å². The van der Waals surface area contributed by atoms with Gasteiger partial charge in [-0.15, -0.1) is 0 Å². The molecule has 2 aromatic rings. The van der Waals surface area contributed by atoms with Gasteiger partial charge in [0.15, 0.2) is 0 Å². The van der Waals surface area contributed by atoms with Crippen LogP contribution in [-0.4, -0.2) is 30.9 Å². The van der Waals surface area contributed by atoms with Crippen LogP contribution in [0.15, 0.2) is 54.6 Å². The number of benzene rings is 2. The van der Waals surface area contributed by atoms with Crippen LogP contribution in [0.4, 0.5) is 5.69 Å². The van der Waals surface area contributed by atoms with Crippen molar-refractivity contribution < 1.29 is 19.1 Å². The van der Waals surface area contributed by atoms with Gasteiger partial charge in [0.25, 0.3) is 0 Å². The van der Waals surface area contributed by atoms with E-state index in [-0.39, 0.29) is 24.2 Å². The number of hydrogen-bond donors (Lipinski definition) is 2. The molecule has 0 bridgehead atoms. The summed E-state index contributed by atoms with van der Waals surface area (Å²) in [6, 6.07) is 15.1. The van der Waals surface area contributed by atoms with Gasteiger partial charge in [0.2, 0.25) is 11.8 Å². The lowest BCUT2D eigenvalue weighted by Crippen LogP contribution is -2.47. The third kappa shape index (κ3) is 5.95. The first kappa shape index (κ1) is 20.2. The summed E-state index contributed by atoms with van der Waals surface area (Å²) in [6.45, 7) is 3.74. The third-order valence-electron chi connectivity index (χ3n) is 4.05. The number of hydrogen-bond acceptors (Lipinski definition) is 4. The lowest BCUT2D eigenvalue weighted by atomic mass is 10.0. The number of nitrogens with one attached hydrogen (secondary N) is 2. The Kier molecular flexibility index (Phi) is 7.11. The van der Waals surface area contributed by atoms with E-state index in [2.05, 4.69) is 15.4 Å². The van der Waals surface area contributed by atoms with Crippen molar-refractivity contribution in [2.24, 2.45) is 5.92 Å². The Balaban J connectivity index is 1.99. The number of esters is 1. The van der Waals surface area contributed by atoms with Crippen molar-refractivity contribution in [2.75, 3.05) is 12.4 Å². The normalized spacial score (nSPS) is 11.6. The first-order valence-corrected chi connectivity index (χ1v) is 8.73. The first-order valence-electron chi connectivity index (χ1n) is 8.73. The van der Waals surface area contributed by atoms with Gasteiger partial charge in [-0.1, -0.05) is 44.2 Å². The largest absolute Gasteiger partial charge is 0.465 e. The smallest absolute Gasteiger partial charge is 0.337 e. The first-order chi connectivity index (χ1) is 12.9.